The van der Waals surface area contributed by atoms with Crippen molar-refractivity contribution in [3.8, 4) is 5.75 Å². The van der Waals surface area contributed by atoms with Gasteiger partial charge in [0.2, 0.25) is 0 Å². The molecule has 2 aromatic rings. The van der Waals surface area contributed by atoms with Crippen molar-refractivity contribution in [1.29, 1.82) is 0 Å². The lowest BCUT2D eigenvalue weighted by Crippen LogP contribution is -2.15. The molecule has 0 aliphatic heterocycles. The zero-order valence-corrected chi connectivity index (χ0v) is 12.0. The van der Waals surface area contributed by atoms with Crippen molar-refractivity contribution in [2.75, 3.05) is 6.61 Å². The van der Waals surface area contributed by atoms with E-state index >= 15 is 0 Å². The van der Waals surface area contributed by atoms with Gasteiger partial charge in [-0.15, -0.1) is 0 Å². The van der Waals surface area contributed by atoms with Crippen molar-refractivity contribution in [3.05, 3.63) is 24.0 Å². The lowest BCUT2D eigenvalue weighted by molar-refractivity contribution is 0.318. The highest BCUT2D eigenvalue weighted by Gasteiger charge is 2.15. The molecule has 4 heteroatoms. The maximum absolute atomic E-state index is 6.14. The van der Waals surface area contributed by atoms with Crippen LogP contribution in [0.4, 0.5) is 0 Å². The number of nitrogens with zero attached hydrogens (tertiary/aromatic N) is 2. The van der Waals surface area contributed by atoms with E-state index in [-0.39, 0.29) is 6.04 Å². The number of aromatic nitrogens is 2. The molecule has 0 saturated heterocycles. The largest absolute Gasteiger partial charge is 0.494 e. The predicted molar refractivity (Wildman–Crippen MR) is 78.4 cm³/mol. The van der Waals surface area contributed by atoms with E-state index < -0.39 is 0 Å². The van der Waals surface area contributed by atoms with Crippen molar-refractivity contribution in [3.63, 3.8) is 0 Å². The molecule has 1 heterocycles. The normalized spacial score (nSPS) is 12.8. The second kappa shape index (κ2) is 6.06. The molecule has 4 nitrogen and oxygen atoms in total. The van der Waals surface area contributed by atoms with E-state index in [1.807, 2.05) is 12.1 Å². The van der Waals surface area contributed by atoms with Gasteiger partial charge in [0.1, 0.15) is 11.6 Å². The van der Waals surface area contributed by atoms with Crippen LogP contribution in [-0.4, -0.2) is 16.2 Å². The molecule has 1 aromatic heterocycles. The van der Waals surface area contributed by atoms with Gasteiger partial charge in [-0.3, -0.25) is 0 Å². The molecule has 0 amide bonds. The SMILES string of the molecule is CCCOc1ccc2c(c1)nc(C(N)CC)n2CC. The Labute approximate surface area is 114 Å². The van der Waals surface area contributed by atoms with Crippen molar-refractivity contribution < 1.29 is 4.74 Å². The summed E-state index contributed by atoms with van der Waals surface area (Å²) in [6, 6.07) is 6.08. The van der Waals surface area contributed by atoms with Crippen LogP contribution in [0.25, 0.3) is 11.0 Å². The van der Waals surface area contributed by atoms with Gasteiger partial charge in [-0.05, 0) is 31.9 Å². The standard InChI is InChI=1S/C15H23N3O/c1-4-9-19-11-7-8-14-13(10-11)17-15(12(16)5-2)18(14)6-3/h7-8,10,12H,4-6,9,16H2,1-3H3. The summed E-state index contributed by atoms with van der Waals surface area (Å²) in [5.74, 6) is 1.85. The van der Waals surface area contributed by atoms with Gasteiger partial charge in [-0.2, -0.15) is 0 Å². The molecule has 19 heavy (non-hydrogen) atoms. The Hall–Kier alpha value is -1.55. The van der Waals surface area contributed by atoms with Crippen LogP contribution in [-0.2, 0) is 6.54 Å². The Morgan fingerprint density at radius 1 is 1.32 bits per heavy atom. The summed E-state index contributed by atoms with van der Waals surface area (Å²) in [6.45, 7) is 7.92. The van der Waals surface area contributed by atoms with Crippen LogP contribution < -0.4 is 10.5 Å². The molecule has 1 atom stereocenters. The molecular weight excluding hydrogens is 238 g/mol. The Balaban J connectivity index is 2.43. The summed E-state index contributed by atoms with van der Waals surface area (Å²) in [5, 5.41) is 0. The smallest absolute Gasteiger partial charge is 0.126 e. The van der Waals surface area contributed by atoms with Gasteiger partial charge in [-0.25, -0.2) is 4.98 Å². The maximum atomic E-state index is 6.14. The lowest BCUT2D eigenvalue weighted by atomic mass is 10.2. The highest BCUT2D eigenvalue weighted by Crippen LogP contribution is 2.25. The summed E-state index contributed by atoms with van der Waals surface area (Å²) in [5.41, 5.74) is 8.24. The van der Waals surface area contributed by atoms with Crippen LogP contribution in [0.15, 0.2) is 18.2 Å². The maximum Gasteiger partial charge on any atom is 0.126 e. The summed E-state index contributed by atoms with van der Waals surface area (Å²) in [7, 11) is 0. The Morgan fingerprint density at radius 3 is 2.74 bits per heavy atom. The zero-order valence-electron chi connectivity index (χ0n) is 12.0. The first-order valence-corrected chi connectivity index (χ1v) is 7.09. The molecule has 0 radical (unpaired) electrons. The number of rotatable bonds is 6. The number of nitrogens with two attached hydrogens (primary N) is 1. The number of aryl methyl sites for hydroxylation is 1. The van der Waals surface area contributed by atoms with Crippen molar-refractivity contribution in [2.45, 2.75) is 46.2 Å². The molecule has 0 saturated carbocycles. The first-order chi connectivity index (χ1) is 9.21. The minimum atomic E-state index is -0.00707. The third kappa shape index (κ3) is 2.73. The Bertz CT molecular complexity index is 548. The summed E-state index contributed by atoms with van der Waals surface area (Å²) < 4.78 is 7.84. The fourth-order valence-electron chi connectivity index (χ4n) is 2.24. The minimum Gasteiger partial charge on any atom is -0.494 e. The van der Waals surface area contributed by atoms with Crippen LogP contribution in [0.3, 0.4) is 0 Å². The van der Waals surface area contributed by atoms with Gasteiger partial charge < -0.3 is 15.0 Å². The second-order valence-corrected chi connectivity index (χ2v) is 4.73. The number of hydrogen-bond acceptors (Lipinski definition) is 3. The van der Waals surface area contributed by atoms with E-state index in [4.69, 9.17) is 10.5 Å². The first kappa shape index (κ1) is 13.9. The predicted octanol–water partition coefficient (Wildman–Crippen LogP) is 3.25. The van der Waals surface area contributed by atoms with E-state index in [9.17, 15) is 0 Å². The van der Waals surface area contributed by atoms with Crippen molar-refractivity contribution >= 4 is 11.0 Å². The summed E-state index contributed by atoms with van der Waals surface area (Å²) in [4.78, 5) is 4.68. The third-order valence-corrected chi connectivity index (χ3v) is 3.31. The van der Waals surface area contributed by atoms with Crippen molar-refractivity contribution in [2.24, 2.45) is 5.73 Å². The van der Waals surface area contributed by atoms with Crippen LogP contribution in [0.1, 0.15) is 45.5 Å². The van der Waals surface area contributed by atoms with Gasteiger partial charge >= 0.3 is 0 Å². The molecule has 0 spiro atoms. The first-order valence-electron chi connectivity index (χ1n) is 7.09. The van der Waals surface area contributed by atoms with E-state index in [2.05, 4.69) is 36.4 Å². The Kier molecular flexibility index (Phi) is 4.43. The van der Waals surface area contributed by atoms with Crippen LogP contribution in [0.2, 0.25) is 0 Å². The molecule has 104 valence electrons. The molecule has 0 aliphatic carbocycles. The summed E-state index contributed by atoms with van der Waals surface area (Å²) >= 11 is 0. The number of imidazole rings is 1. The lowest BCUT2D eigenvalue weighted by Gasteiger charge is -2.11. The van der Waals surface area contributed by atoms with Crippen LogP contribution >= 0.6 is 0 Å². The number of fused-ring (bicyclic) bond motifs is 1. The average molecular weight is 261 g/mol. The highest BCUT2D eigenvalue weighted by atomic mass is 16.5. The van der Waals surface area contributed by atoms with Gasteiger partial charge in [0.15, 0.2) is 0 Å². The van der Waals surface area contributed by atoms with Crippen molar-refractivity contribution in [1.82, 2.24) is 9.55 Å². The number of benzene rings is 1. The summed E-state index contributed by atoms with van der Waals surface area (Å²) in [6.07, 6.45) is 1.90. The second-order valence-electron chi connectivity index (χ2n) is 4.73. The van der Waals surface area contributed by atoms with Crippen LogP contribution in [0.5, 0.6) is 5.75 Å². The van der Waals surface area contributed by atoms with E-state index in [1.54, 1.807) is 0 Å². The monoisotopic (exact) mass is 261 g/mol. The zero-order chi connectivity index (χ0) is 13.8. The number of hydrogen-bond donors (Lipinski definition) is 1. The molecule has 0 bridgehead atoms. The molecule has 1 aromatic carbocycles. The van der Waals surface area contributed by atoms with E-state index in [0.29, 0.717) is 0 Å². The minimum absolute atomic E-state index is 0.00707. The molecule has 0 fully saturated rings. The molecule has 2 N–H and O–H groups in total. The fraction of sp³-hybridized carbons (Fsp3) is 0.533. The van der Waals surface area contributed by atoms with E-state index in [1.165, 1.54) is 0 Å². The molecule has 0 aliphatic rings. The van der Waals surface area contributed by atoms with Gasteiger partial charge in [0.25, 0.3) is 0 Å². The topological polar surface area (TPSA) is 53.1 Å². The number of ether oxygens (including phenoxy) is 1. The highest BCUT2D eigenvalue weighted by molar-refractivity contribution is 5.78. The molecule has 2 rings (SSSR count). The Morgan fingerprint density at radius 2 is 2.11 bits per heavy atom. The quantitative estimate of drug-likeness (QED) is 0.868. The molecular formula is C15H23N3O. The fourth-order valence-corrected chi connectivity index (χ4v) is 2.24. The van der Waals surface area contributed by atoms with Crippen LogP contribution in [0, 0.1) is 0 Å². The van der Waals surface area contributed by atoms with Gasteiger partial charge in [0, 0.05) is 12.6 Å². The molecule has 1 unspecified atom stereocenters. The third-order valence-electron chi connectivity index (χ3n) is 3.31. The van der Waals surface area contributed by atoms with Gasteiger partial charge in [-0.1, -0.05) is 13.8 Å². The van der Waals surface area contributed by atoms with E-state index in [0.717, 1.165) is 48.6 Å². The van der Waals surface area contributed by atoms with Gasteiger partial charge in [0.05, 0.1) is 23.7 Å². The average Bonchev–Trinajstić information content (AvgIpc) is 2.81.